The quantitative estimate of drug-likeness (QED) is 0.363. The highest BCUT2D eigenvalue weighted by Crippen LogP contribution is 2.39. The van der Waals surface area contributed by atoms with Crippen molar-refractivity contribution in [1.29, 1.82) is 0 Å². The van der Waals surface area contributed by atoms with Crippen LogP contribution in [0.25, 0.3) is 22.2 Å². The molecule has 2 heterocycles. The summed E-state index contributed by atoms with van der Waals surface area (Å²) in [5.41, 5.74) is 9.30. The molecule has 170 valence electrons. The summed E-state index contributed by atoms with van der Waals surface area (Å²) in [4.78, 5) is 9.07. The molecule has 4 aromatic rings. The van der Waals surface area contributed by atoms with Gasteiger partial charge in [0, 0.05) is 17.8 Å². The zero-order valence-electron chi connectivity index (χ0n) is 18.0. The number of fused-ring (bicyclic) bond motifs is 1. The maximum Gasteiger partial charge on any atom is 0.152 e. The van der Waals surface area contributed by atoms with Crippen molar-refractivity contribution in [2.75, 3.05) is 10.5 Å². The number of nitrogens with two attached hydrogens (primary N) is 1. The van der Waals surface area contributed by atoms with Gasteiger partial charge >= 0.3 is 0 Å². The van der Waals surface area contributed by atoms with E-state index in [1.807, 2.05) is 19.2 Å². The number of benzene rings is 2. The molecule has 33 heavy (non-hydrogen) atoms. The Bertz CT molecular complexity index is 1360. The average Bonchev–Trinajstić information content (AvgIpc) is 3.43. The second kappa shape index (κ2) is 8.76. The third kappa shape index (κ3) is 3.98. The maximum atomic E-state index is 15.1. The number of halogens is 2. The average molecular weight is 484 g/mol. The summed E-state index contributed by atoms with van der Waals surface area (Å²) >= 11 is 6.21. The highest BCUT2D eigenvalue weighted by molar-refractivity contribution is 7.86. The van der Waals surface area contributed by atoms with Gasteiger partial charge in [0.25, 0.3) is 0 Å². The molecule has 0 aliphatic heterocycles. The van der Waals surface area contributed by atoms with Crippen LogP contribution in [0.2, 0.25) is 5.02 Å². The van der Waals surface area contributed by atoms with Crippen molar-refractivity contribution in [3.8, 4) is 11.1 Å². The normalized spacial score (nSPS) is 15.2. The monoisotopic (exact) mass is 483 g/mol. The van der Waals surface area contributed by atoms with Crippen LogP contribution < -0.4 is 10.5 Å². The van der Waals surface area contributed by atoms with Crippen molar-refractivity contribution in [2.24, 2.45) is 0 Å². The number of nitrogens with one attached hydrogen (secondary N) is 1. The van der Waals surface area contributed by atoms with E-state index in [2.05, 4.69) is 19.3 Å². The fourth-order valence-corrected chi connectivity index (χ4v) is 6.06. The minimum Gasteiger partial charge on any atom is -0.383 e. The van der Waals surface area contributed by atoms with Crippen molar-refractivity contribution >= 4 is 45.1 Å². The van der Waals surface area contributed by atoms with Crippen LogP contribution in [0.4, 0.5) is 15.9 Å². The Morgan fingerprint density at radius 1 is 1.21 bits per heavy atom. The van der Waals surface area contributed by atoms with Crippen molar-refractivity contribution in [3.63, 3.8) is 0 Å². The SMILES string of the molecule is Cc1cccc(Cl)c1S(=O)Nc1ccc(-c2cn(C3CCCC3)c3ncnc(N)c23)cc1F. The molecule has 1 saturated carbocycles. The summed E-state index contributed by atoms with van der Waals surface area (Å²) in [6, 6.07) is 10.4. The highest BCUT2D eigenvalue weighted by Gasteiger charge is 2.23. The number of nitrogen functional groups attached to an aromatic ring is 1. The summed E-state index contributed by atoms with van der Waals surface area (Å²) in [5.74, 6) is -0.160. The zero-order chi connectivity index (χ0) is 23.1. The lowest BCUT2D eigenvalue weighted by atomic mass is 10.1. The highest BCUT2D eigenvalue weighted by atomic mass is 35.5. The molecule has 1 aliphatic rings. The standard InChI is InChI=1S/C24H23ClFN5OS/c1-14-5-4-8-18(25)22(14)33(32)30-20-10-9-15(11-19(20)26)17-12-31(16-6-2-3-7-16)24-21(17)23(27)28-13-29-24/h4-5,8-13,16,30H,2-3,6-7H2,1H3,(H2,27,28,29). The van der Waals surface area contributed by atoms with E-state index in [1.54, 1.807) is 24.3 Å². The Hall–Kier alpha value is -2.97. The molecule has 3 N–H and O–H groups in total. The third-order valence-corrected chi connectivity index (χ3v) is 7.93. The van der Waals surface area contributed by atoms with Crippen LogP contribution in [0.5, 0.6) is 0 Å². The number of aromatic nitrogens is 3. The Morgan fingerprint density at radius 3 is 2.73 bits per heavy atom. The van der Waals surface area contributed by atoms with Gasteiger partial charge in [-0.3, -0.25) is 4.72 Å². The Balaban J connectivity index is 1.52. The number of rotatable bonds is 5. The molecule has 1 aliphatic carbocycles. The summed E-state index contributed by atoms with van der Waals surface area (Å²) in [6.45, 7) is 1.81. The zero-order valence-corrected chi connectivity index (χ0v) is 19.6. The molecule has 5 rings (SSSR count). The number of nitrogens with zero attached hydrogens (tertiary/aromatic N) is 3. The van der Waals surface area contributed by atoms with E-state index >= 15 is 4.39 Å². The van der Waals surface area contributed by atoms with E-state index in [1.165, 1.54) is 25.2 Å². The largest absolute Gasteiger partial charge is 0.383 e. The van der Waals surface area contributed by atoms with Gasteiger partial charge in [-0.05, 0) is 49.1 Å². The summed E-state index contributed by atoms with van der Waals surface area (Å²) < 4.78 is 32.9. The number of anilines is 2. The fraction of sp³-hybridized carbons (Fsp3) is 0.250. The van der Waals surface area contributed by atoms with Gasteiger partial charge in [0.05, 0.1) is 21.0 Å². The lowest BCUT2D eigenvalue weighted by Gasteiger charge is -2.12. The summed E-state index contributed by atoms with van der Waals surface area (Å²) in [5, 5.41) is 1.09. The van der Waals surface area contributed by atoms with Gasteiger partial charge < -0.3 is 10.3 Å². The van der Waals surface area contributed by atoms with E-state index in [9.17, 15) is 4.21 Å². The predicted molar refractivity (Wildman–Crippen MR) is 131 cm³/mol. The minimum atomic E-state index is -1.71. The van der Waals surface area contributed by atoms with Crippen LogP contribution >= 0.6 is 11.6 Å². The molecule has 0 spiro atoms. The van der Waals surface area contributed by atoms with E-state index in [-0.39, 0.29) is 5.69 Å². The fourth-order valence-electron chi connectivity index (χ4n) is 4.56. The molecule has 2 aromatic heterocycles. The lowest BCUT2D eigenvalue weighted by Crippen LogP contribution is -2.08. The van der Waals surface area contributed by atoms with E-state index in [0.29, 0.717) is 27.3 Å². The van der Waals surface area contributed by atoms with Gasteiger partial charge in [-0.2, -0.15) is 0 Å². The Kier molecular flexibility index (Phi) is 5.80. The van der Waals surface area contributed by atoms with Crippen molar-refractivity contribution < 1.29 is 8.60 Å². The number of hydrogen-bond donors (Lipinski definition) is 2. The molecule has 0 amide bonds. The van der Waals surface area contributed by atoms with Crippen LogP contribution in [-0.2, 0) is 11.0 Å². The van der Waals surface area contributed by atoms with E-state index < -0.39 is 16.8 Å². The van der Waals surface area contributed by atoms with Gasteiger partial charge in [0.2, 0.25) is 0 Å². The van der Waals surface area contributed by atoms with Crippen LogP contribution in [0, 0.1) is 12.7 Å². The van der Waals surface area contributed by atoms with Gasteiger partial charge in [-0.1, -0.05) is 42.6 Å². The van der Waals surface area contributed by atoms with Gasteiger partial charge in [0.15, 0.2) is 11.0 Å². The minimum absolute atomic E-state index is 0.125. The summed E-state index contributed by atoms with van der Waals surface area (Å²) in [6.07, 6.45) is 7.98. The van der Waals surface area contributed by atoms with Gasteiger partial charge in [-0.15, -0.1) is 0 Å². The van der Waals surface area contributed by atoms with Crippen LogP contribution in [0.3, 0.4) is 0 Å². The molecule has 1 unspecified atom stereocenters. The first-order chi connectivity index (χ1) is 15.9. The van der Waals surface area contributed by atoms with Crippen LogP contribution in [-0.4, -0.2) is 18.7 Å². The molecule has 1 atom stereocenters. The number of hydrogen-bond acceptors (Lipinski definition) is 4. The van der Waals surface area contributed by atoms with Crippen LogP contribution in [0.15, 0.2) is 53.8 Å². The molecule has 2 aromatic carbocycles. The van der Waals surface area contributed by atoms with Crippen molar-refractivity contribution in [3.05, 3.63) is 65.3 Å². The molecular formula is C24H23ClFN5OS. The first-order valence-corrected chi connectivity index (χ1v) is 12.3. The Labute approximate surface area is 198 Å². The topological polar surface area (TPSA) is 85.8 Å². The maximum absolute atomic E-state index is 15.1. The lowest BCUT2D eigenvalue weighted by molar-refractivity contribution is 0.532. The molecule has 9 heteroatoms. The molecule has 6 nitrogen and oxygen atoms in total. The summed E-state index contributed by atoms with van der Waals surface area (Å²) in [7, 11) is -1.71. The van der Waals surface area contributed by atoms with Gasteiger partial charge in [-0.25, -0.2) is 18.6 Å². The first kappa shape index (κ1) is 21.9. The third-order valence-electron chi connectivity index (χ3n) is 6.19. The van der Waals surface area contributed by atoms with Crippen LogP contribution in [0.1, 0.15) is 37.3 Å². The second-order valence-corrected chi connectivity index (χ2v) is 9.85. The second-order valence-electron chi connectivity index (χ2n) is 8.30. The smallest absolute Gasteiger partial charge is 0.152 e. The Morgan fingerprint density at radius 2 is 2.00 bits per heavy atom. The van der Waals surface area contributed by atoms with E-state index in [4.69, 9.17) is 17.3 Å². The number of aryl methyl sites for hydroxylation is 1. The van der Waals surface area contributed by atoms with Gasteiger partial charge in [0.1, 0.15) is 23.6 Å². The molecular weight excluding hydrogens is 461 g/mol. The molecule has 0 radical (unpaired) electrons. The molecule has 1 fully saturated rings. The molecule has 0 saturated heterocycles. The first-order valence-electron chi connectivity index (χ1n) is 10.8. The van der Waals surface area contributed by atoms with Crippen molar-refractivity contribution in [2.45, 2.75) is 43.5 Å². The predicted octanol–water partition coefficient (Wildman–Crippen LogP) is 6.03. The van der Waals surface area contributed by atoms with E-state index in [0.717, 1.165) is 35.0 Å². The molecule has 0 bridgehead atoms. The van der Waals surface area contributed by atoms with Crippen molar-refractivity contribution in [1.82, 2.24) is 14.5 Å².